The first-order valence-corrected chi connectivity index (χ1v) is 7.90. The topological polar surface area (TPSA) is 29.1 Å². The van der Waals surface area contributed by atoms with Gasteiger partial charge in [-0.2, -0.15) is 13.2 Å². The second kappa shape index (κ2) is 9.49. The minimum Gasteiger partial charge on any atom is -0.326 e. The van der Waals surface area contributed by atoms with E-state index in [9.17, 15) is 18.0 Å². The maximum atomic E-state index is 12.6. The zero-order valence-corrected chi connectivity index (χ0v) is 13.0. The van der Waals surface area contributed by atoms with Crippen molar-refractivity contribution in [2.45, 2.75) is 64.5 Å². The lowest BCUT2D eigenvalue weighted by molar-refractivity contribution is -0.137. The summed E-state index contributed by atoms with van der Waals surface area (Å²) >= 11 is 0. The van der Waals surface area contributed by atoms with E-state index in [1.165, 1.54) is 37.8 Å². The van der Waals surface area contributed by atoms with Crippen LogP contribution in [0, 0.1) is 0 Å². The second-order valence-corrected chi connectivity index (χ2v) is 5.50. The molecular formula is C17H24F3NO. The number of carbonyl (C=O) groups excluding carboxylic acids is 1. The molecule has 0 radical (unpaired) electrons. The van der Waals surface area contributed by atoms with Gasteiger partial charge in [-0.25, -0.2) is 0 Å². The number of nitrogens with one attached hydrogen (secondary N) is 1. The Balaban J connectivity index is 2.28. The highest BCUT2D eigenvalue weighted by Crippen LogP contribution is 2.30. The standard InChI is InChI=1S/C17H24F3NO/c1-2-3-4-5-6-7-8-12-16(22)21-15-11-9-10-14(13-15)17(18,19)20/h9-11,13H,2-8,12H2,1H3,(H,21,22). The third-order valence-electron chi connectivity index (χ3n) is 3.48. The van der Waals surface area contributed by atoms with Crippen molar-refractivity contribution < 1.29 is 18.0 Å². The number of hydrogen-bond donors (Lipinski definition) is 1. The van der Waals surface area contributed by atoms with Crippen LogP contribution in [0.2, 0.25) is 0 Å². The van der Waals surface area contributed by atoms with Crippen LogP contribution in [0.5, 0.6) is 0 Å². The van der Waals surface area contributed by atoms with Crippen LogP contribution in [0.3, 0.4) is 0 Å². The molecule has 0 unspecified atom stereocenters. The molecule has 1 aromatic rings. The fraction of sp³-hybridized carbons (Fsp3) is 0.588. The van der Waals surface area contributed by atoms with E-state index >= 15 is 0 Å². The second-order valence-electron chi connectivity index (χ2n) is 5.50. The molecule has 0 heterocycles. The summed E-state index contributed by atoms with van der Waals surface area (Å²) < 4.78 is 37.7. The molecule has 1 rings (SSSR count). The number of halogens is 3. The summed E-state index contributed by atoms with van der Waals surface area (Å²) in [5, 5.41) is 2.53. The molecule has 1 N–H and O–H groups in total. The van der Waals surface area contributed by atoms with Gasteiger partial charge >= 0.3 is 6.18 Å². The normalized spacial score (nSPS) is 11.5. The highest BCUT2D eigenvalue weighted by atomic mass is 19.4. The predicted molar refractivity (Wildman–Crippen MR) is 82.7 cm³/mol. The summed E-state index contributed by atoms with van der Waals surface area (Å²) in [6.07, 6.45) is 3.70. The number of benzene rings is 1. The Labute approximate surface area is 130 Å². The summed E-state index contributed by atoms with van der Waals surface area (Å²) in [6, 6.07) is 4.72. The van der Waals surface area contributed by atoms with Gasteiger partial charge in [0.15, 0.2) is 0 Å². The van der Waals surface area contributed by atoms with E-state index in [1.54, 1.807) is 0 Å². The summed E-state index contributed by atoms with van der Waals surface area (Å²) in [6.45, 7) is 2.16. The molecule has 0 fully saturated rings. The molecule has 5 heteroatoms. The Kier molecular flexibility index (Phi) is 7.99. The average Bonchev–Trinajstić information content (AvgIpc) is 2.46. The molecule has 0 spiro atoms. The van der Waals surface area contributed by atoms with Crippen LogP contribution >= 0.6 is 0 Å². The van der Waals surface area contributed by atoms with Gasteiger partial charge in [0, 0.05) is 12.1 Å². The van der Waals surface area contributed by atoms with Crippen molar-refractivity contribution in [3.63, 3.8) is 0 Å². The van der Waals surface area contributed by atoms with Gasteiger partial charge in [0.1, 0.15) is 0 Å². The third kappa shape index (κ3) is 7.48. The molecule has 2 nitrogen and oxygen atoms in total. The minimum atomic E-state index is -4.39. The van der Waals surface area contributed by atoms with Crippen molar-refractivity contribution in [3.05, 3.63) is 29.8 Å². The number of anilines is 1. The van der Waals surface area contributed by atoms with Crippen LogP contribution in [0.4, 0.5) is 18.9 Å². The fourth-order valence-corrected chi connectivity index (χ4v) is 2.24. The maximum absolute atomic E-state index is 12.6. The number of rotatable bonds is 9. The number of carbonyl (C=O) groups is 1. The van der Waals surface area contributed by atoms with Crippen LogP contribution in [-0.2, 0) is 11.0 Å². The molecule has 22 heavy (non-hydrogen) atoms. The van der Waals surface area contributed by atoms with E-state index in [-0.39, 0.29) is 11.6 Å². The smallest absolute Gasteiger partial charge is 0.326 e. The van der Waals surface area contributed by atoms with E-state index < -0.39 is 11.7 Å². The van der Waals surface area contributed by atoms with E-state index in [0.29, 0.717) is 6.42 Å². The SMILES string of the molecule is CCCCCCCCCC(=O)Nc1cccc(C(F)(F)F)c1. The Hall–Kier alpha value is -1.52. The molecule has 0 saturated carbocycles. The number of hydrogen-bond acceptors (Lipinski definition) is 1. The van der Waals surface area contributed by atoms with Crippen LogP contribution in [0.15, 0.2) is 24.3 Å². The number of alkyl halides is 3. The first-order valence-electron chi connectivity index (χ1n) is 7.90. The Morgan fingerprint density at radius 3 is 2.32 bits per heavy atom. The maximum Gasteiger partial charge on any atom is 0.416 e. The first kappa shape index (κ1) is 18.5. The minimum absolute atomic E-state index is 0.197. The highest BCUT2D eigenvalue weighted by molar-refractivity contribution is 5.90. The van der Waals surface area contributed by atoms with Crippen molar-refractivity contribution in [2.24, 2.45) is 0 Å². The van der Waals surface area contributed by atoms with E-state index in [4.69, 9.17) is 0 Å². The average molecular weight is 315 g/mol. The largest absolute Gasteiger partial charge is 0.416 e. The molecule has 0 aromatic heterocycles. The van der Waals surface area contributed by atoms with Gasteiger partial charge in [-0.1, -0.05) is 51.5 Å². The molecule has 0 atom stereocenters. The van der Waals surface area contributed by atoms with Gasteiger partial charge in [-0.15, -0.1) is 0 Å². The molecule has 1 amide bonds. The first-order chi connectivity index (χ1) is 10.4. The molecule has 124 valence electrons. The zero-order valence-electron chi connectivity index (χ0n) is 13.0. The van der Waals surface area contributed by atoms with Crippen LogP contribution in [0.1, 0.15) is 63.9 Å². The van der Waals surface area contributed by atoms with Crippen LogP contribution < -0.4 is 5.32 Å². The van der Waals surface area contributed by atoms with Crippen molar-refractivity contribution in [3.8, 4) is 0 Å². The van der Waals surface area contributed by atoms with Gasteiger partial charge in [0.2, 0.25) is 5.91 Å². The molecule has 0 saturated heterocycles. The van der Waals surface area contributed by atoms with Gasteiger partial charge in [-0.3, -0.25) is 4.79 Å². The fourth-order valence-electron chi connectivity index (χ4n) is 2.24. The van der Waals surface area contributed by atoms with E-state index in [1.807, 2.05) is 0 Å². The van der Waals surface area contributed by atoms with E-state index in [0.717, 1.165) is 31.4 Å². The highest BCUT2D eigenvalue weighted by Gasteiger charge is 2.30. The lowest BCUT2D eigenvalue weighted by Gasteiger charge is -2.09. The molecular weight excluding hydrogens is 291 g/mol. The van der Waals surface area contributed by atoms with Gasteiger partial charge in [0.05, 0.1) is 5.56 Å². The Bertz CT molecular complexity index is 457. The Morgan fingerprint density at radius 2 is 1.68 bits per heavy atom. The van der Waals surface area contributed by atoms with Crippen molar-refractivity contribution in [2.75, 3.05) is 5.32 Å². The molecule has 0 aliphatic heterocycles. The van der Waals surface area contributed by atoms with Crippen LogP contribution in [0.25, 0.3) is 0 Å². The Morgan fingerprint density at radius 1 is 1.05 bits per heavy atom. The molecule has 0 aliphatic rings. The predicted octanol–water partition coefficient (Wildman–Crippen LogP) is 5.78. The summed E-state index contributed by atoms with van der Waals surface area (Å²) in [7, 11) is 0. The van der Waals surface area contributed by atoms with Crippen LogP contribution in [-0.4, -0.2) is 5.91 Å². The lowest BCUT2D eigenvalue weighted by Crippen LogP contribution is -2.12. The summed E-state index contributed by atoms with van der Waals surface area (Å²) in [4.78, 5) is 11.7. The number of unbranched alkanes of at least 4 members (excludes halogenated alkanes) is 6. The molecule has 0 aliphatic carbocycles. The van der Waals surface area contributed by atoms with Crippen molar-refractivity contribution in [1.82, 2.24) is 0 Å². The zero-order chi connectivity index (χ0) is 16.4. The van der Waals surface area contributed by atoms with Crippen molar-refractivity contribution in [1.29, 1.82) is 0 Å². The quantitative estimate of drug-likeness (QED) is 0.575. The monoisotopic (exact) mass is 315 g/mol. The lowest BCUT2D eigenvalue weighted by atomic mass is 10.1. The van der Waals surface area contributed by atoms with E-state index in [2.05, 4.69) is 12.2 Å². The summed E-state index contributed by atoms with van der Waals surface area (Å²) in [5.74, 6) is -0.229. The molecule has 0 bridgehead atoms. The van der Waals surface area contributed by atoms with Gasteiger partial charge < -0.3 is 5.32 Å². The molecule has 1 aromatic carbocycles. The third-order valence-corrected chi connectivity index (χ3v) is 3.48. The number of amides is 1. The van der Waals surface area contributed by atoms with Crippen molar-refractivity contribution >= 4 is 11.6 Å². The van der Waals surface area contributed by atoms with Gasteiger partial charge in [0.25, 0.3) is 0 Å². The van der Waals surface area contributed by atoms with Gasteiger partial charge in [-0.05, 0) is 24.6 Å². The summed E-state index contributed by atoms with van der Waals surface area (Å²) in [5.41, 5.74) is -0.552.